The van der Waals surface area contributed by atoms with Crippen molar-refractivity contribution >= 4 is 17.5 Å². The number of amides is 1. The minimum Gasteiger partial charge on any atom is -0.480 e. The van der Waals surface area contributed by atoms with Gasteiger partial charge in [-0.05, 0) is 42.1 Å². The van der Waals surface area contributed by atoms with Gasteiger partial charge in [-0.15, -0.1) is 0 Å². The van der Waals surface area contributed by atoms with Crippen molar-refractivity contribution in [3.63, 3.8) is 0 Å². The molecule has 6 rings (SSSR count). The first-order valence-corrected chi connectivity index (χ1v) is 13.1. The summed E-state index contributed by atoms with van der Waals surface area (Å²) in [5.74, 6) is -2.01. The number of hydrogen-bond acceptors (Lipinski definition) is 5. The van der Waals surface area contributed by atoms with E-state index in [4.69, 9.17) is 16.3 Å². The summed E-state index contributed by atoms with van der Waals surface area (Å²) in [6.45, 7) is 0.811. The maximum Gasteiger partial charge on any atom is 0.251 e. The molecule has 198 valence electrons. The number of carbonyl (C=O) groups excluding carboxylic acids is 1. The highest BCUT2D eigenvalue weighted by atomic mass is 35.5. The van der Waals surface area contributed by atoms with E-state index >= 15 is 8.78 Å². The van der Waals surface area contributed by atoms with Crippen molar-refractivity contribution in [1.82, 2.24) is 10.6 Å². The summed E-state index contributed by atoms with van der Waals surface area (Å²) in [6, 6.07) is 12.1. The molecule has 9 heteroatoms. The van der Waals surface area contributed by atoms with Crippen LogP contribution >= 0.6 is 11.6 Å². The zero-order valence-electron chi connectivity index (χ0n) is 20.7. The Morgan fingerprint density at radius 2 is 1.92 bits per heavy atom. The molecule has 2 heterocycles. The molecule has 1 fully saturated rings. The van der Waals surface area contributed by atoms with Gasteiger partial charge in [0, 0.05) is 42.6 Å². The lowest BCUT2D eigenvalue weighted by Gasteiger charge is -2.35. The normalized spacial score (nSPS) is 25.7. The zero-order valence-corrected chi connectivity index (χ0v) is 21.4. The summed E-state index contributed by atoms with van der Waals surface area (Å²) in [5, 5.41) is 26.3. The molecular formula is C29H27ClF2N2O4. The molecule has 0 aromatic heterocycles. The minimum atomic E-state index is -1.34. The summed E-state index contributed by atoms with van der Waals surface area (Å²) in [7, 11) is 1.40. The summed E-state index contributed by atoms with van der Waals surface area (Å²) in [4.78, 5) is 13.0. The molecule has 0 spiro atoms. The smallest absolute Gasteiger partial charge is 0.251 e. The van der Waals surface area contributed by atoms with Crippen molar-refractivity contribution in [2.75, 3.05) is 13.6 Å². The van der Waals surface area contributed by atoms with E-state index in [0.717, 1.165) is 24.9 Å². The molecule has 0 radical (unpaired) electrons. The van der Waals surface area contributed by atoms with Gasteiger partial charge in [-0.2, -0.15) is 0 Å². The molecule has 6 nitrogen and oxygen atoms in total. The number of rotatable bonds is 4. The standard InChI is InChI=1S/C29H27ClF2N2O4/c1-33-28(37)17-10-16-15(11-20(35)27(16)36)26(32)24(17)23-18-13-29(22-8-5-9-34-22,14-6-3-2-4-7-14)38-21(18)12-19(31)25(23)30/h2-4,6-7,10,12,20,22,27,34-36H,5,8-9,11,13H2,1H3,(H,33,37)/t20-,22+,27+,29+/m1/s1. The topological polar surface area (TPSA) is 90.8 Å². The number of aliphatic hydroxyl groups excluding tert-OH is 2. The van der Waals surface area contributed by atoms with Gasteiger partial charge in [-0.25, -0.2) is 8.78 Å². The van der Waals surface area contributed by atoms with E-state index in [2.05, 4.69) is 10.6 Å². The van der Waals surface area contributed by atoms with Gasteiger partial charge >= 0.3 is 0 Å². The molecule has 0 bridgehead atoms. The first-order valence-electron chi connectivity index (χ1n) is 12.7. The number of ether oxygens (including phenoxy) is 1. The Labute approximate surface area is 223 Å². The maximum atomic E-state index is 16.3. The van der Waals surface area contributed by atoms with Crippen molar-refractivity contribution < 1.29 is 28.5 Å². The van der Waals surface area contributed by atoms with Crippen LogP contribution in [0.1, 0.15) is 51.6 Å². The molecule has 4 atom stereocenters. The van der Waals surface area contributed by atoms with E-state index in [0.29, 0.717) is 5.56 Å². The van der Waals surface area contributed by atoms with Gasteiger partial charge in [0.15, 0.2) is 5.60 Å². The SMILES string of the molecule is CNC(=O)c1cc2c(c(F)c1-c1c(Cl)c(F)cc3c1C[C@](c1ccccc1)([C@@H]1CCCN1)O3)C[C@@H](O)[C@H]2O. The maximum absolute atomic E-state index is 16.3. The lowest BCUT2D eigenvalue weighted by Crippen LogP contribution is -2.48. The van der Waals surface area contributed by atoms with Crippen molar-refractivity contribution in [3.8, 4) is 16.9 Å². The van der Waals surface area contributed by atoms with E-state index in [-0.39, 0.29) is 57.5 Å². The fourth-order valence-electron chi connectivity index (χ4n) is 6.29. The van der Waals surface area contributed by atoms with Crippen molar-refractivity contribution in [3.05, 3.63) is 86.9 Å². The molecule has 3 aromatic carbocycles. The van der Waals surface area contributed by atoms with Crippen LogP contribution in [0.4, 0.5) is 8.78 Å². The van der Waals surface area contributed by atoms with E-state index in [1.807, 2.05) is 30.3 Å². The number of fused-ring (bicyclic) bond motifs is 2. The van der Waals surface area contributed by atoms with Crippen molar-refractivity contribution in [2.45, 2.75) is 49.5 Å². The predicted octanol–water partition coefficient (Wildman–Crippen LogP) is 4.18. The van der Waals surface area contributed by atoms with E-state index in [1.165, 1.54) is 19.2 Å². The largest absolute Gasteiger partial charge is 0.480 e. The molecule has 4 N–H and O–H groups in total. The lowest BCUT2D eigenvalue weighted by atomic mass is 9.80. The molecule has 1 aliphatic carbocycles. The Balaban J connectivity index is 1.61. The van der Waals surface area contributed by atoms with Crippen LogP contribution in [0.25, 0.3) is 11.1 Å². The lowest BCUT2D eigenvalue weighted by molar-refractivity contribution is 0.0325. The summed E-state index contributed by atoms with van der Waals surface area (Å²) >= 11 is 6.57. The number of aliphatic hydroxyl groups is 2. The van der Waals surface area contributed by atoms with E-state index < -0.39 is 35.4 Å². The summed E-state index contributed by atoms with van der Waals surface area (Å²) in [5.41, 5.74) is 0.479. The van der Waals surface area contributed by atoms with Gasteiger partial charge in [0.1, 0.15) is 23.5 Å². The highest BCUT2D eigenvalue weighted by Gasteiger charge is 2.50. The van der Waals surface area contributed by atoms with Crippen molar-refractivity contribution in [2.24, 2.45) is 0 Å². The minimum absolute atomic E-state index is 0.0484. The van der Waals surface area contributed by atoms with Crippen LogP contribution in [-0.4, -0.2) is 41.9 Å². The second-order valence-electron chi connectivity index (χ2n) is 10.2. The highest BCUT2D eigenvalue weighted by molar-refractivity contribution is 6.34. The Bertz CT molecular complexity index is 1440. The second kappa shape index (κ2) is 9.31. The van der Waals surface area contributed by atoms with Gasteiger partial charge in [0.05, 0.1) is 22.7 Å². The van der Waals surface area contributed by atoms with Gasteiger partial charge < -0.3 is 25.6 Å². The van der Waals surface area contributed by atoms with Crippen LogP contribution in [0.15, 0.2) is 42.5 Å². The highest BCUT2D eigenvalue weighted by Crippen LogP contribution is 2.53. The molecule has 2 aliphatic heterocycles. The average Bonchev–Trinajstić information content (AvgIpc) is 3.65. The fourth-order valence-corrected chi connectivity index (χ4v) is 6.55. The van der Waals surface area contributed by atoms with Crippen LogP contribution in [-0.2, 0) is 18.4 Å². The van der Waals surface area contributed by atoms with Gasteiger partial charge in [-0.1, -0.05) is 41.9 Å². The number of nitrogens with one attached hydrogen (secondary N) is 2. The Hall–Kier alpha value is -3.04. The zero-order chi connectivity index (χ0) is 26.8. The number of halogens is 3. The molecule has 3 aromatic rings. The third kappa shape index (κ3) is 3.66. The third-order valence-corrected chi connectivity index (χ3v) is 8.49. The number of hydrogen-bond donors (Lipinski definition) is 4. The summed E-state index contributed by atoms with van der Waals surface area (Å²) in [6.07, 6.45) is -0.646. The summed E-state index contributed by atoms with van der Waals surface area (Å²) < 4.78 is 38.3. The fraction of sp³-hybridized carbons (Fsp3) is 0.345. The van der Waals surface area contributed by atoms with Crippen LogP contribution in [0.3, 0.4) is 0 Å². The molecular weight excluding hydrogens is 514 g/mol. The Morgan fingerprint density at radius 3 is 2.61 bits per heavy atom. The monoisotopic (exact) mass is 540 g/mol. The molecule has 0 saturated carbocycles. The average molecular weight is 541 g/mol. The molecule has 1 saturated heterocycles. The predicted molar refractivity (Wildman–Crippen MR) is 138 cm³/mol. The number of carbonyl (C=O) groups is 1. The quantitative estimate of drug-likeness (QED) is 0.399. The van der Waals surface area contributed by atoms with Gasteiger partial charge in [0.25, 0.3) is 5.91 Å². The molecule has 3 aliphatic rings. The van der Waals surface area contributed by atoms with Crippen LogP contribution < -0.4 is 15.4 Å². The first-order chi connectivity index (χ1) is 18.3. The van der Waals surface area contributed by atoms with Gasteiger partial charge in [-0.3, -0.25) is 4.79 Å². The van der Waals surface area contributed by atoms with Crippen LogP contribution in [0.2, 0.25) is 5.02 Å². The molecule has 1 amide bonds. The Kier molecular flexibility index (Phi) is 6.18. The second-order valence-corrected chi connectivity index (χ2v) is 10.6. The van der Waals surface area contributed by atoms with E-state index in [1.54, 1.807) is 0 Å². The third-order valence-electron chi connectivity index (χ3n) is 8.12. The van der Waals surface area contributed by atoms with Crippen molar-refractivity contribution in [1.29, 1.82) is 0 Å². The van der Waals surface area contributed by atoms with Crippen LogP contribution in [0, 0.1) is 11.6 Å². The Morgan fingerprint density at radius 1 is 1.16 bits per heavy atom. The number of benzene rings is 3. The molecule has 0 unspecified atom stereocenters. The molecule has 38 heavy (non-hydrogen) atoms. The van der Waals surface area contributed by atoms with Crippen LogP contribution in [0.5, 0.6) is 5.75 Å². The van der Waals surface area contributed by atoms with Gasteiger partial charge in [0.2, 0.25) is 0 Å². The van der Waals surface area contributed by atoms with E-state index in [9.17, 15) is 15.0 Å². The first kappa shape index (κ1) is 25.2.